The number of aromatic nitrogens is 3. The van der Waals surface area contributed by atoms with E-state index >= 15 is 0 Å². The highest BCUT2D eigenvalue weighted by molar-refractivity contribution is 5.86. The van der Waals surface area contributed by atoms with Crippen LogP contribution in [0.1, 0.15) is 38.7 Å². The Labute approximate surface area is 232 Å². The predicted molar refractivity (Wildman–Crippen MR) is 156 cm³/mol. The monoisotopic (exact) mass is 538 g/mol. The summed E-state index contributed by atoms with van der Waals surface area (Å²) in [4.78, 5) is 29.1. The van der Waals surface area contributed by atoms with Gasteiger partial charge in [0, 0.05) is 35.1 Å². The Morgan fingerprint density at radius 2 is 1.57 bits per heavy atom. The van der Waals surface area contributed by atoms with Gasteiger partial charge in [0.1, 0.15) is 0 Å². The van der Waals surface area contributed by atoms with Crippen LogP contribution in [0.2, 0.25) is 0 Å². The molecule has 11 heteroatoms. The summed E-state index contributed by atoms with van der Waals surface area (Å²) in [6.45, 7) is 4.34. The van der Waals surface area contributed by atoms with Gasteiger partial charge < -0.3 is 10.0 Å². The van der Waals surface area contributed by atoms with Crippen molar-refractivity contribution >= 4 is 41.1 Å². The fraction of sp³-hybridized carbons (Fsp3) is 0.241. The van der Waals surface area contributed by atoms with Crippen molar-refractivity contribution in [1.82, 2.24) is 15.0 Å². The van der Waals surface area contributed by atoms with Gasteiger partial charge in [0.25, 0.3) is 0 Å². The molecule has 0 saturated carbocycles. The first-order chi connectivity index (χ1) is 19.4. The van der Waals surface area contributed by atoms with Crippen molar-refractivity contribution in [3.8, 4) is 5.75 Å². The number of benzene rings is 3. The molecule has 2 unspecified atom stereocenters. The smallest absolute Gasteiger partial charge is 0.311 e. The van der Waals surface area contributed by atoms with Gasteiger partial charge in [-0.25, -0.2) is 5.43 Å². The second-order valence-electron chi connectivity index (χ2n) is 9.64. The molecule has 5 rings (SSSR count). The second-order valence-corrected chi connectivity index (χ2v) is 9.64. The Morgan fingerprint density at radius 1 is 0.950 bits per heavy atom. The van der Waals surface area contributed by atoms with E-state index in [1.165, 1.54) is 24.4 Å². The molecule has 1 aromatic heterocycles. The molecular formula is C29H30N8O3. The Bertz CT molecular complexity index is 1450. The van der Waals surface area contributed by atoms with Gasteiger partial charge in [0.05, 0.1) is 11.1 Å². The Morgan fingerprint density at radius 3 is 2.17 bits per heavy atom. The number of aromatic hydroxyl groups is 1. The van der Waals surface area contributed by atoms with E-state index in [1.807, 2.05) is 65.6 Å². The zero-order chi connectivity index (χ0) is 28.1. The van der Waals surface area contributed by atoms with Crippen LogP contribution in [0.5, 0.6) is 5.75 Å². The number of nitrogens with one attached hydrogen (secondary N) is 1. The number of nitro benzene ring substituents is 1. The summed E-state index contributed by atoms with van der Waals surface area (Å²) in [5, 5.41) is 25.7. The standard InChI is InChI=1S/C29H30N8O3/c1-20-11-9-12-21(2)35(20)28-31-27(34-30-19-22-13-10-18-25(26(22)38)37(39)40)32-29(33-28)36(23-14-5-3-6-15-23)24-16-7-4-8-17-24/h3-8,10,13-21,38H,9,11-12H2,1-2H3,(H,31,32,33,34)/b30-19+. The average Bonchev–Trinajstić information content (AvgIpc) is 2.95. The summed E-state index contributed by atoms with van der Waals surface area (Å²) in [6.07, 6.45) is 4.49. The normalized spacial score (nSPS) is 17.1. The molecule has 11 nitrogen and oxygen atoms in total. The van der Waals surface area contributed by atoms with Gasteiger partial charge in [-0.2, -0.15) is 20.1 Å². The molecule has 0 amide bonds. The van der Waals surface area contributed by atoms with E-state index in [9.17, 15) is 15.2 Å². The summed E-state index contributed by atoms with van der Waals surface area (Å²) >= 11 is 0. The average molecular weight is 539 g/mol. The highest BCUT2D eigenvalue weighted by Crippen LogP contribution is 2.35. The maximum absolute atomic E-state index is 11.2. The lowest BCUT2D eigenvalue weighted by Gasteiger charge is -2.39. The second kappa shape index (κ2) is 11.8. The quantitative estimate of drug-likeness (QED) is 0.153. The zero-order valence-corrected chi connectivity index (χ0v) is 22.3. The molecule has 40 heavy (non-hydrogen) atoms. The Balaban J connectivity index is 1.58. The van der Waals surface area contributed by atoms with Crippen molar-refractivity contribution in [2.45, 2.75) is 45.2 Å². The fourth-order valence-corrected chi connectivity index (χ4v) is 4.93. The number of rotatable bonds is 8. The number of hydrogen-bond acceptors (Lipinski definition) is 10. The van der Waals surface area contributed by atoms with E-state index in [0.717, 1.165) is 30.6 Å². The third kappa shape index (κ3) is 5.68. The number of piperidine rings is 1. The summed E-state index contributed by atoms with van der Waals surface area (Å²) in [6, 6.07) is 24.4. The highest BCUT2D eigenvalue weighted by Gasteiger charge is 2.29. The number of hydrazone groups is 1. The van der Waals surface area contributed by atoms with Crippen molar-refractivity contribution in [3.63, 3.8) is 0 Å². The summed E-state index contributed by atoms with van der Waals surface area (Å²) in [5.41, 5.74) is 4.39. The molecular weight excluding hydrogens is 508 g/mol. The van der Waals surface area contributed by atoms with Crippen LogP contribution in [0.4, 0.5) is 34.9 Å². The number of nitrogens with zero attached hydrogens (tertiary/aromatic N) is 7. The Kier molecular flexibility index (Phi) is 7.81. The first-order valence-corrected chi connectivity index (χ1v) is 13.1. The molecule has 0 aliphatic carbocycles. The largest absolute Gasteiger partial charge is 0.502 e. The van der Waals surface area contributed by atoms with Crippen LogP contribution >= 0.6 is 0 Å². The minimum absolute atomic E-state index is 0.185. The molecule has 1 aliphatic rings. The summed E-state index contributed by atoms with van der Waals surface area (Å²) in [7, 11) is 0. The third-order valence-corrected chi connectivity index (χ3v) is 6.88. The summed E-state index contributed by atoms with van der Waals surface area (Å²) in [5.74, 6) is 0.661. The molecule has 1 fully saturated rings. The minimum atomic E-state index is -0.646. The number of nitro groups is 1. The molecule has 2 heterocycles. The van der Waals surface area contributed by atoms with E-state index < -0.39 is 16.4 Å². The maximum Gasteiger partial charge on any atom is 0.311 e. The van der Waals surface area contributed by atoms with E-state index in [0.29, 0.717) is 11.9 Å². The van der Waals surface area contributed by atoms with Crippen LogP contribution in [0, 0.1) is 10.1 Å². The fourth-order valence-electron chi connectivity index (χ4n) is 4.93. The van der Waals surface area contributed by atoms with Gasteiger partial charge in [-0.3, -0.25) is 15.0 Å². The van der Waals surface area contributed by atoms with Crippen molar-refractivity contribution in [2.75, 3.05) is 15.2 Å². The van der Waals surface area contributed by atoms with Gasteiger partial charge in [-0.05, 0) is 63.4 Å². The number of para-hydroxylation sites is 3. The highest BCUT2D eigenvalue weighted by atomic mass is 16.6. The van der Waals surface area contributed by atoms with Crippen LogP contribution in [0.15, 0.2) is 84.0 Å². The van der Waals surface area contributed by atoms with Crippen molar-refractivity contribution in [1.29, 1.82) is 0 Å². The van der Waals surface area contributed by atoms with Crippen molar-refractivity contribution in [3.05, 3.63) is 94.5 Å². The van der Waals surface area contributed by atoms with Gasteiger partial charge >= 0.3 is 5.69 Å². The number of hydrogen-bond donors (Lipinski definition) is 2. The van der Waals surface area contributed by atoms with Crippen LogP contribution in [-0.2, 0) is 0 Å². The maximum atomic E-state index is 11.2. The van der Waals surface area contributed by atoms with Gasteiger partial charge in [0.15, 0.2) is 0 Å². The van der Waals surface area contributed by atoms with Gasteiger partial charge in [-0.15, -0.1) is 0 Å². The molecule has 0 radical (unpaired) electrons. The first-order valence-electron chi connectivity index (χ1n) is 13.1. The first kappa shape index (κ1) is 26.5. The van der Waals surface area contributed by atoms with E-state index in [1.54, 1.807) is 0 Å². The van der Waals surface area contributed by atoms with Crippen LogP contribution in [0.3, 0.4) is 0 Å². The van der Waals surface area contributed by atoms with Crippen LogP contribution in [0.25, 0.3) is 0 Å². The third-order valence-electron chi connectivity index (χ3n) is 6.88. The van der Waals surface area contributed by atoms with Crippen molar-refractivity contribution in [2.24, 2.45) is 5.10 Å². The summed E-state index contributed by atoms with van der Waals surface area (Å²) < 4.78 is 0. The van der Waals surface area contributed by atoms with E-state index in [4.69, 9.17) is 15.0 Å². The molecule has 0 spiro atoms. The Hall–Kier alpha value is -5.06. The zero-order valence-electron chi connectivity index (χ0n) is 22.3. The molecule has 0 bridgehead atoms. The topological polar surface area (TPSA) is 133 Å². The minimum Gasteiger partial charge on any atom is -0.502 e. The molecule has 2 atom stereocenters. The lowest BCUT2D eigenvalue weighted by molar-refractivity contribution is -0.385. The predicted octanol–water partition coefficient (Wildman–Crippen LogP) is 6.17. The van der Waals surface area contributed by atoms with Crippen LogP contribution in [-0.4, -0.2) is 43.3 Å². The van der Waals surface area contributed by atoms with Gasteiger partial charge in [0.2, 0.25) is 23.6 Å². The van der Waals surface area contributed by atoms with Gasteiger partial charge in [-0.1, -0.05) is 42.5 Å². The molecule has 204 valence electrons. The molecule has 3 aromatic carbocycles. The van der Waals surface area contributed by atoms with E-state index in [-0.39, 0.29) is 23.6 Å². The van der Waals surface area contributed by atoms with E-state index in [2.05, 4.69) is 29.3 Å². The molecule has 2 N–H and O–H groups in total. The molecule has 4 aromatic rings. The number of anilines is 5. The van der Waals surface area contributed by atoms with Crippen LogP contribution < -0.4 is 15.2 Å². The lowest BCUT2D eigenvalue weighted by Crippen LogP contribution is -2.45. The number of phenolic OH excluding ortho intramolecular Hbond substituents is 1. The van der Waals surface area contributed by atoms with Crippen molar-refractivity contribution < 1.29 is 10.0 Å². The number of phenols is 1. The lowest BCUT2D eigenvalue weighted by atomic mass is 9.98. The molecule has 1 saturated heterocycles. The SMILES string of the molecule is CC1CCCC(C)N1c1nc(N/N=C/c2cccc([N+](=O)[O-])c2O)nc(N(c2ccccc2)c2ccccc2)n1. The molecule has 1 aliphatic heterocycles.